The van der Waals surface area contributed by atoms with Crippen molar-refractivity contribution in [1.82, 2.24) is 19.6 Å². The summed E-state index contributed by atoms with van der Waals surface area (Å²) in [5.74, 6) is 0.842. The number of hydrogen-bond donors (Lipinski definition) is 2. The summed E-state index contributed by atoms with van der Waals surface area (Å²) in [7, 11) is 1.93. The minimum Gasteiger partial charge on any atom is -0.486 e. The van der Waals surface area contributed by atoms with Crippen molar-refractivity contribution in [3.05, 3.63) is 40.2 Å². The second kappa shape index (κ2) is 13.1. The Morgan fingerprint density at radius 1 is 1.08 bits per heavy atom. The normalized spacial score (nSPS) is 20.4. The van der Waals surface area contributed by atoms with Crippen LogP contribution in [0.15, 0.2) is 18.2 Å². The van der Waals surface area contributed by atoms with Crippen LogP contribution >= 0.6 is 11.6 Å². The van der Waals surface area contributed by atoms with E-state index in [1.165, 1.54) is 17.5 Å². The highest BCUT2D eigenvalue weighted by atomic mass is 35.5. The number of aromatic nitrogens is 2. The molecule has 4 heterocycles. The highest BCUT2D eigenvalue weighted by Gasteiger charge is 2.42. The Labute approximate surface area is 222 Å². The van der Waals surface area contributed by atoms with Gasteiger partial charge in [0, 0.05) is 58.7 Å². The van der Waals surface area contributed by atoms with Crippen LogP contribution in [0.25, 0.3) is 0 Å². The van der Waals surface area contributed by atoms with Crippen molar-refractivity contribution in [3.8, 4) is 11.5 Å². The Bertz CT molecular complexity index is 1070. The number of rotatable bonds is 5. The minimum absolute atomic E-state index is 0.639. The molecule has 0 radical (unpaired) electrons. The number of hydrogen-bond acceptors (Lipinski definition) is 7. The van der Waals surface area contributed by atoms with Gasteiger partial charge in [-0.25, -0.2) is 0 Å². The molecule has 3 aliphatic rings. The zero-order valence-electron chi connectivity index (χ0n) is 21.9. The van der Waals surface area contributed by atoms with Gasteiger partial charge in [0.1, 0.15) is 18.4 Å². The number of halogens is 1. The summed E-state index contributed by atoms with van der Waals surface area (Å²) < 4.78 is 13.2. The molecule has 10 nitrogen and oxygen atoms in total. The summed E-state index contributed by atoms with van der Waals surface area (Å²) >= 11 is 6.50. The number of likely N-dealkylation sites (tertiary alicyclic amines) is 2. The lowest BCUT2D eigenvalue weighted by Crippen LogP contribution is -2.62. The zero-order chi connectivity index (χ0) is 27.1. The van der Waals surface area contributed by atoms with Gasteiger partial charge in [-0.05, 0) is 43.0 Å². The van der Waals surface area contributed by atoms with Crippen LogP contribution in [0, 0.1) is 5.92 Å². The fraction of sp³-hybridized carbons (Fsp3) is 0.577. The van der Waals surface area contributed by atoms with Gasteiger partial charge in [-0.15, -0.1) is 0 Å². The van der Waals surface area contributed by atoms with Gasteiger partial charge in [0.05, 0.1) is 5.69 Å². The van der Waals surface area contributed by atoms with Gasteiger partial charge in [0.2, 0.25) is 0 Å². The third-order valence-electron chi connectivity index (χ3n) is 6.58. The van der Waals surface area contributed by atoms with E-state index in [1.54, 1.807) is 0 Å². The molecule has 37 heavy (non-hydrogen) atoms. The lowest BCUT2D eigenvalue weighted by atomic mass is 9.82. The van der Waals surface area contributed by atoms with Crippen LogP contribution in [0.4, 0.5) is 0 Å². The molecule has 2 N–H and O–H groups in total. The van der Waals surface area contributed by atoms with Crippen molar-refractivity contribution in [2.75, 3.05) is 32.8 Å². The number of benzene rings is 1. The van der Waals surface area contributed by atoms with Gasteiger partial charge in [-0.1, -0.05) is 24.6 Å². The lowest BCUT2D eigenvalue weighted by molar-refractivity contribution is -0.135. The van der Waals surface area contributed by atoms with E-state index in [4.69, 9.17) is 40.9 Å². The fourth-order valence-corrected chi connectivity index (χ4v) is 5.27. The second-order valence-electron chi connectivity index (χ2n) is 9.49. The van der Waals surface area contributed by atoms with E-state index < -0.39 is 11.9 Å². The standard InChI is InChI=1S/C22H29ClN4O2.2C2H4O2/c1-3-18-17(22(23)25(2)24-18)14-27-13-16-12-26(7-6-19(16)27)11-15-4-5-20-21(10-15)29-9-8-28-20;2*1-2(3)4/h4-5,10,16,19H,3,6-9,11-14H2,1-2H3;2*1H3,(H,3,4)/t16-,19-;;/m0../s1. The molecule has 0 saturated carbocycles. The quantitative estimate of drug-likeness (QED) is 0.593. The van der Waals surface area contributed by atoms with Gasteiger partial charge in [0.25, 0.3) is 11.9 Å². The Balaban J connectivity index is 0.000000420. The number of aliphatic carboxylic acids is 2. The maximum absolute atomic E-state index is 9.00. The molecule has 0 spiro atoms. The van der Waals surface area contributed by atoms with E-state index in [9.17, 15) is 0 Å². The molecule has 0 bridgehead atoms. The number of aryl methyl sites for hydroxylation is 2. The Kier molecular flexibility index (Phi) is 10.2. The smallest absolute Gasteiger partial charge is 0.300 e. The Morgan fingerprint density at radius 2 is 1.73 bits per heavy atom. The largest absolute Gasteiger partial charge is 0.486 e. The third-order valence-corrected chi connectivity index (χ3v) is 7.05. The number of fused-ring (bicyclic) bond motifs is 2. The van der Waals surface area contributed by atoms with Crippen LogP contribution < -0.4 is 9.47 Å². The molecule has 2 aromatic rings. The molecule has 1 aromatic carbocycles. The third kappa shape index (κ3) is 7.83. The van der Waals surface area contributed by atoms with Crippen LogP contribution in [0.5, 0.6) is 11.5 Å². The molecular formula is C26H37ClN4O6. The SMILES string of the molecule is CC(=O)O.CC(=O)O.CCc1nn(C)c(Cl)c1CN1C[C@@H]2CN(Cc3ccc4c(c3)OCCO4)CC[C@@H]21. The van der Waals surface area contributed by atoms with Crippen molar-refractivity contribution >= 4 is 23.5 Å². The van der Waals surface area contributed by atoms with E-state index in [0.717, 1.165) is 81.3 Å². The van der Waals surface area contributed by atoms with Crippen molar-refractivity contribution in [2.24, 2.45) is 13.0 Å². The minimum atomic E-state index is -0.833. The summed E-state index contributed by atoms with van der Waals surface area (Å²) in [6.07, 6.45) is 2.15. The first-order valence-corrected chi connectivity index (χ1v) is 12.9. The first-order chi connectivity index (χ1) is 17.6. The first kappa shape index (κ1) is 28.7. The van der Waals surface area contributed by atoms with Gasteiger partial charge in [-0.3, -0.25) is 24.1 Å². The van der Waals surface area contributed by atoms with Crippen LogP contribution in [-0.2, 0) is 36.1 Å². The molecule has 2 atom stereocenters. The number of carbonyl (C=O) groups is 2. The Hall–Kier alpha value is -2.82. The number of carboxylic acids is 2. The van der Waals surface area contributed by atoms with Crippen molar-refractivity contribution in [3.63, 3.8) is 0 Å². The molecule has 0 unspecified atom stereocenters. The molecule has 204 valence electrons. The number of nitrogens with zero attached hydrogens (tertiary/aromatic N) is 4. The Morgan fingerprint density at radius 3 is 2.35 bits per heavy atom. The molecule has 2 saturated heterocycles. The molecule has 11 heteroatoms. The number of piperidine rings is 1. The number of carboxylic acid groups (broad SMARTS) is 2. The van der Waals surface area contributed by atoms with Crippen molar-refractivity contribution in [1.29, 1.82) is 0 Å². The van der Waals surface area contributed by atoms with E-state index in [0.29, 0.717) is 19.3 Å². The maximum atomic E-state index is 9.00. The predicted molar refractivity (Wildman–Crippen MR) is 139 cm³/mol. The maximum Gasteiger partial charge on any atom is 0.300 e. The summed E-state index contributed by atoms with van der Waals surface area (Å²) in [5, 5.41) is 20.2. The van der Waals surface area contributed by atoms with Gasteiger partial charge >= 0.3 is 0 Å². The van der Waals surface area contributed by atoms with E-state index in [1.807, 2.05) is 17.8 Å². The van der Waals surface area contributed by atoms with Crippen LogP contribution in [0.2, 0.25) is 5.15 Å². The highest BCUT2D eigenvalue weighted by Crippen LogP contribution is 2.36. The average Bonchev–Trinajstić information content (AvgIpc) is 3.10. The number of ether oxygens (including phenoxy) is 2. The molecule has 3 aliphatic heterocycles. The highest BCUT2D eigenvalue weighted by molar-refractivity contribution is 6.30. The summed E-state index contributed by atoms with van der Waals surface area (Å²) in [4.78, 5) is 23.2. The molecule has 0 aliphatic carbocycles. The van der Waals surface area contributed by atoms with E-state index in [-0.39, 0.29) is 0 Å². The second-order valence-corrected chi connectivity index (χ2v) is 9.85. The van der Waals surface area contributed by atoms with Gasteiger partial charge < -0.3 is 19.7 Å². The monoisotopic (exact) mass is 536 g/mol. The summed E-state index contributed by atoms with van der Waals surface area (Å²) in [6.45, 7) is 11.0. The topological polar surface area (TPSA) is 117 Å². The lowest BCUT2D eigenvalue weighted by Gasteiger charge is -2.53. The van der Waals surface area contributed by atoms with Gasteiger partial charge in [0.15, 0.2) is 11.5 Å². The van der Waals surface area contributed by atoms with Crippen LogP contribution in [-0.4, -0.2) is 80.6 Å². The predicted octanol–water partition coefficient (Wildman–Crippen LogP) is 3.30. The molecule has 2 fully saturated rings. The van der Waals surface area contributed by atoms with Crippen LogP contribution in [0.1, 0.15) is 44.0 Å². The molecule has 0 amide bonds. The fourth-order valence-electron chi connectivity index (χ4n) is 5.07. The van der Waals surface area contributed by atoms with Crippen molar-refractivity contribution < 1.29 is 29.3 Å². The van der Waals surface area contributed by atoms with Gasteiger partial charge in [-0.2, -0.15) is 5.10 Å². The first-order valence-electron chi connectivity index (χ1n) is 12.5. The van der Waals surface area contributed by atoms with Crippen molar-refractivity contribution in [2.45, 2.75) is 52.7 Å². The summed E-state index contributed by atoms with van der Waals surface area (Å²) in [6, 6.07) is 7.03. The molecule has 1 aromatic heterocycles. The van der Waals surface area contributed by atoms with Crippen LogP contribution in [0.3, 0.4) is 0 Å². The van der Waals surface area contributed by atoms with E-state index in [2.05, 4.69) is 34.0 Å². The summed E-state index contributed by atoms with van der Waals surface area (Å²) in [5.41, 5.74) is 3.66. The molecule has 5 rings (SSSR count). The molecular weight excluding hydrogens is 500 g/mol. The van der Waals surface area contributed by atoms with E-state index >= 15 is 0 Å². The average molecular weight is 537 g/mol. The zero-order valence-corrected chi connectivity index (χ0v) is 22.7.